The molecule has 4 rings (SSSR count). The number of benzene rings is 3. The number of nitrogens with one attached hydrogen (secondary N) is 1. The predicted octanol–water partition coefficient (Wildman–Crippen LogP) is 4.81. The second-order valence-electron chi connectivity index (χ2n) is 6.70. The molecule has 30 heavy (non-hydrogen) atoms. The van der Waals surface area contributed by atoms with Crippen molar-refractivity contribution >= 4 is 41.4 Å². The van der Waals surface area contributed by atoms with Crippen LogP contribution < -0.4 is 10.2 Å². The molecule has 0 aliphatic carbocycles. The summed E-state index contributed by atoms with van der Waals surface area (Å²) >= 11 is 1.54. The van der Waals surface area contributed by atoms with Crippen LogP contribution in [0.5, 0.6) is 0 Å². The van der Waals surface area contributed by atoms with Crippen molar-refractivity contribution in [2.24, 2.45) is 0 Å². The fourth-order valence-corrected chi connectivity index (χ4v) is 4.09. The van der Waals surface area contributed by atoms with Crippen molar-refractivity contribution in [2.45, 2.75) is 16.7 Å². The summed E-state index contributed by atoms with van der Waals surface area (Å²) in [6, 6.07) is 23.7. The summed E-state index contributed by atoms with van der Waals surface area (Å²) < 4.78 is 0. The molecule has 3 aromatic carbocycles. The number of carbonyl (C=O) groups excluding carboxylic acids is 3. The molecule has 5 nitrogen and oxygen atoms in total. The van der Waals surface area contributed by atoms with Crippen LogP contribution in [0.25, 0.3) is 6.08 Å². The van der Waals surface area contributed by atoms with Crippen LogP contribution in [0.1, 0.15) is 11.1 Å². The number of nitrogens with zero attached hydrogens (tertiary/aromatic N) is 1. The van der Waals surface area contributed by atoms with E-state index in [1.807, 2.05) is 73.7 Å². The van der Waals surface area contributed by atoms with Gasteiger partial charge in [0.1, 0.15) is 5.57 Å². The zero-order valence-corrected chi connectivity index (χ0v) is 17.0. The van der Waals surface area contributed by atoms with E-state index in [9.17, 15) is 14.4 Å². The molecule has 1 fully saturated rings. The van der Waals surface area contributed by atoms with E-state index in [-0.39, 0.29) is 5.57 Å². The second kappa shape index (κ2) is 8.39. The smallest absolute Gasteiger partial charge is 0.273 e. The molecular weight excluding hydrogens is 396 g/mol. The summed E-state index contributed by atoms with van der Waals surface area (Å²) in [4.78, 5) is 41.0. The van der Waals surface area contributed by atoms with Gasteiger partial charge in [-0.05, 0) is 48.4 Å². The normalized spacial score (nSPS) is 15.4. The molecule has 0 spiro atoms. The molecule has 0 aromatic heterocycles. The van der Waals surface area contributed by atoms with Gasteiger partial charge in [-0.15, -0.1) is 0 Å². The molecule has 1 heterocycles. The summed E-state index contributed by atoms with van der Waals surface area (Å²) in [5, 5.41) is 2.28. The van der Waals surface area contributed by atoms with E-state index in [0.717, 1.165) is 25.8 Å². The predicted molar refractivity (Wildman–Crippen MR) is 117 cm³/mol. The number of hydrogen-bond acceptors (Lipinski definition) is 4. The maximum atomic E-state index is 13.1. The number of barbiturate groups is 1. The molecule has 1 saturated heterocycles. The lowest BCUT2D eigenvalue weighted by Crippen LogP contribution is -2.54. The van der Waals surface area contributed by atoms with Gasteiger partial charge < -0.3 is 0 Å². The summed E-state index contributed by atoms with van der Waals surface area (Å²) in [6.07, 6.45) is 1.54. The van der Waals surface area contributed by atoms with E-state index in [1.165, 1.54) is 11.8 Å². The molecule has 0 unspecified atom stereocenters. The monoisotopic (exact) mass is 414 g/mol. The Bertz CT molecular complexity index is 1170. The second-order valence-corrected chi connectivity index (χ2v) is 7.81. The van der Waals surface area contributed by atoms with Crippen LogP contribution in [0.4, 0.5) is 10.5 Å². The highest BCUT2D eigenvalue weighted by atomic mass is 32.2. The first-order valence-corrected chi connectivity index (χ1v) is 10.2. The Morgan fingerprint density at radius 1 is 0.833 bits per heavy atom. The fraction of sp³-hybridized carbons (Fsp3) is 0.0417. The Balaban J connectivity index is 1.73. The molecule has 0 bridgehead atoms. The maximum Gasteiger partial charge on any atom is 0.335 e. The number of imide groups is 2. The van der Waals surface area contributed by atoms with Gasteiger partial charge in [0.2, 0.25) is 0 Å². The third-order valence-electron chi connectivity index (χ3n) is 4.65. The lowest BCUT2D eigenvalue weighted by atomic mass is 10.1. The summed E-state index contributed by atoms with van der Waals surface area (Å²) in [5.74, 6) is -1.34. The van der Waals surface area contributed by atoms with Gasteiger partial charge in [-0.1, -0.05) is 66.4 Å². The SMILES string of the molecule is Cc1ccccc1N1C(=O)NC(=O)C(=Cc2ccccc2Sc2ccccc2)C1=O. The minimum atomic E-state index is -0.747. The average Bonchev–Trinajstić information content (AvgIpc) is 2.74. The van der Waals surface area contributed by atoms with Crippen LogP contribution >= 0.6 is 11.8 Å². The highest BCUT2D eigenvalue weighted by Crippen LogP contribution is 2.32. The number of para-hydroxylation sites is 1. The lowest BCUT2D eigenvalue weighted by Gasteiger charge is -2.27. The molecule has 4 amide bonds. The van der Waals surface area contributed by atoms with Gasteiger partial charge in [-0.25, -0.2) is 9.69 Å². The Morgan fingerprint density at radius 2 is 1.50 bits per heavy atom. The number of carbonyl (C=O) groups is 3. The quantitative estimate of drug-likeness (QED) is 0.491. The van der Waals surface area contributed by atoms with E-state index in [2.05, 4.69) is 5.32 Å². The van der Waals surface area contributed by atoms with E-state index >= 15 is 0 Å². The number of amides is 4. The molecule has 0 saturated carbocycles. The standard InChI is InChI=1S/C24H18N2O3S/c1-16-9-5-7-13-20(16)26-23(28)19(22(27)25-24(26)29)15-17-10-6-8-14-21(17)30-18-11-3-2-4-12-18/h2-15H,1H3,(H,25,27,29). The molecule has 3 aromatic rings. The van der Waals surface area contributed by atoms with Gasteiger partial charge in [-0.2, -0.15) is 0 Å². The maximum absolute atomic E-state index is 13.1. The van der Waals surface area contributed by atoms with E-state index in [4.69, 9.17) is 0 Å². The van der Waals surface area contributed by atoms with Gasteiger partial charge in [0.15, 0.2) is 0 Å². The Hall–Kier alpha value is -3.64. The zero-order valence-electron chi connectivity index (χ0n) is 16.2. The van der Waals surface area contributed by atoms with E-state index in [1.54, 1.807) is 18.2 Å². The average molecular weight is 414 g/mol. The van der Waals surface area contributed by atoms with Crippen LogP contribution in [0.15, 0.2) is 94.2 Å². The largest absolute Gasteiger partial charge is 0.335 e. The van der Waals surface area contributed by atoms with Crippen molar-refractivity contribution in [1.82, 2.24) is 5.32 Å². The first kappa shape index (κ1) is 19.7. The fourth-order valence-electron chi connectivity index (χ4n) is 3.15. The molecule has 1 aliphatic rings. The highest BCUT2D eigenvalue weighted by molar-refractivity contribution is 7.99. The molecule has 1 N–H and O–H groups in total. The van der Waals surface area contributed by atoms with Crippen LogP contribution in [-0.2, 0) is 9.59 Å². The van der Waals surface area contributed by atoms with Crippen molar-refractivity contribution in [1.29, 1.82) is 0 Å². The zero-order chi connectivity index (χ0) is 21.1. The van der Waals surface area contributed by atoms with Crippen LogP contribution in [0.2, 0.25) is 0 Å². The molecule has 0 radical (unpaired) electrons. The third-order valence-corrected chi connectivity index (χ3v) is 5.75. The van der Waals surface area contributed by atoms with Crippen molar-refractivity contribution in [3.8, 4) is 0 Å². The Labute approximate surface area is 178 Å². The van der Waals surface area contributed by atoms with Gasteiger partial charge in [-0.3, -0.25) is 14.9 Å². The van der Waals surface area contributed by atoms with Crippen molar-refractivity contribution in [3.63, 3.8) is 0 Å². The summed E-state index contributed by atoms with van der Waals surface area (Å²) in [7, 11) is 0. The molecule has 1 aliphatic heterocycles. The lowest BCUT2D eigenvalue weighted by molar-refractivity contribution is -0.122. The van der Waals surface area contributed by atoms with Gasteiger partial charge in [0, 0.05) is 9.79 Å². The number of rotatable bonds is 4. The molecule has 6 heteroatoms. The minimum Gasteiger partial charge on any atom is -0.273 e. The first-order valence-electron chi connectivity index (χ1n) is 9.33. The number of urea groups is 1. The highest BCUT2D eigenvalue weighted by Gasteiger charge is 2.37. The van der Waals surface area contributed by atoms with E-state index < -0.39 is 17.8 Å². The Morgan fingerprint density at radius 3 is 2.27 bits per heavy atom. The van der Waals surface area contributed by atoms with E-state index in [0.29, 0.717) is 5.69 Å². The summed E-state index contributed by atoms with van der Waals surface area (Å²) in [6.45, 7) is 1.81. The van der Waals surface area contributed by atoms with Crippen LogP contribution in [-0.4, -0.2) is 17.8 Å². The Kier molecular flexibility index (Phi) is 5.50. The molecular formula is C24H18N2O3S. The number of hydrogen-bond donors (Lipinski definition) is 1. The number of anilines is 1. The van der Waals surface area contributed by atoms with Gasteiger partial charge in [0.25, 0.3) is 11.8 Å². The van der Waals surface area contributed by atoms with Gasteiger partial charge in [0.05, 0.1) is 5.69 Å². The summed E-state index contributed by atoms with van der Waals surface area (Å²) in [5.41, 5.74) is 1.85. The van der Waals surface area contributed by atoms with Gasteiger partial charge >= 0.3 is 6.03 Å². The molecule has 148 valence electrons. The minimum absolute atomic E-state index is 0.0843. The third kappa shape index (κ3) is 3.90. The van der Waals surface area contributed by atoms with Crippen molar-refractivity contribution < 1.29 is 14.4 Å². The topological polar surface area (TPSA) is 66.5 Å². The van der Waals surface area contributed by atoms with Crippen LogP contribution in [0.3, 0.4) is 0 Å². The van der Waals surface area contributed by atoms with Crippen molar-refractivity contribution in [2.75, 3.05) is 4.90 Å². The molecule has 0 atom stereocenters. The van der Waals surface area contributed by atoms with Crippen molar-refractivity contribution in [3.05, 3.63) is 95.6 Å². The first-order chi connectivity index (χ1) is 14.5. The number of aryl methyl sites for hydroxylation is 1. The van der Waals surface area contributed by atoms with Crippen LogP contribution in [0, 0.1) is 6.92 Å².